The fourth-order valence-corrected chi connectivity index (χ4v) is 4.21. The van der Waals surface area contributed by atoms with Gasteiger partial charge in [0.1, 0.15) is 18.2 Å². The first-order valence-electron chi connectivity index (χ1n) is 10.5. The Bertz CT molecular complexity index is 1190. The molecule has 0 radical (unpaired) electrons. The Morgan fingerprint density at radius 1 is 1.29 bits per heavy atom. The molecule has 1 aliphatic carbocycles. The third-order valence-corrected chi connectivity index (χ3v) is 6.09. The van der Waals surface area contributed by atoms with Gasteiger partial charge in [-0.1, -0.05) is 13.0 Å². The van der Waals surface area contributed by atoms with Crippen molar-refractivity contribution in [2.24, 2.45) is 5.73 Å². The highest BCUT2D eigenvalue weighted by molar-refractivity contribution is 6.11. The number of hydrogen-bond acceptors (Lipinski definition) is 6. The number of fused-ring (bicyclic) bond motifs is 1. The third kappa shape index (κ3) is 3.46. The topological polar surface area (TPSA) is 128 Å². The Morgan fingerprint density at radius 3 is 2.61 bits per heavy atom. The van der Waals surface area contributed by atoms with Gasteiger partial charge in [0.2, 0.25) is 5.88 Å². The van der Waals surface area contributed by atoms with Gasteiger partial charge in [-0.25, -0.2) is 0 Å². The number of amides is 1. The number of nitrogen functional groups attached to an aromatic ring is 1. The lowest BCUT2D eigenvalue weighted by molar-refractivity contribution is 0.100. The van der Waals surface area contributed by atoms with E-state index in [0.29, 0.717) is 34.8 Å². The van der Waals surface area contributed by atoms with Crippen molar-refractivity contribution >= 4 is 22.8 Å². The number of nitrogens with one attached hydrogen (secondary N) is 1. The van der Waals surface area contributed by atoms with Gasteiger partial charge in [0.25, 0.3) is 5.91 Å². The summed E-state index contributed by atoms with van der Waals surface area (Å²) in [4.78, 5) is 17.0. The molecule has 0 saturated heterocycles. The molecule has 8 heteroatoms. The van der Waals surface area contributed by atoms with Crippen molar-refractivity contribution in [2.75, 3.05) is 18.9 Å². The van der Waals surface area contributed by atoms with Crippen molar-refractivity contribution < 1.29 is 14.6 Å². The number of primary amides is 1. The predicted octanol–water partition coefficient (Wildman–Crippen LogP) is 2.86. The van der Waals surface area contributed by atoms with Crippen LogP contribution in [-0.2, 0) is 0 Å². The summed E-state index contributed by atoms with van der Waals surface area (Å²) in [6.45, 7) is 9.07. The highest BCUT2D eigenvalue weighted by Gasteiger charge is 2.42. The van der Waals surface area contributed by atoms with Crippen LogP contribution in [0.1, 0.15) is 46.8 Å². The summed E-state index contributed by atoms with van der Waals surface area (Å²) in [5, 5.41) is 14.3. The number of carbonyl (C=O) groups excluding carboxylic acids is 1. The minimum atomic E-state index is -0.629. The summed E-state index contributed by atoms with van der Waals surface area (Å²) < 4.78 is 7.80. The van der Waals surface area contributed by atoms with E-state index < -0.39 is 5.91 Å². The average molecular weight is 424 g/mol. The maximum Gasteiger partial charge on any atom is 0.253 e. The Kier molecular flexibility index (Phi) is 5.05. The van der Waals surface area contributed by atoms with E-state index in [9.17, 15) is 9.90 Å². The molecule has 6 N–H and O–H groups in total. The largest absolute Gasteiger partial charge is 0.508 e. The molecule has 1 amide bonds. The van der Waals surface area contributed by atoms with Gasteiger partial charge in [0, 0.05) is 16.5 Å². The molecule has 0 atom stereocenters. The van der Waals surface area contributed by atoms with Crippen molar-refractivity contribution in [1.29, 1.82) is 0 Å². The highest BCUT2D eigenvalue weighted by Crippen LogP contribution is 2.39. The van der Waals surface area contributed by atoms with Crippen LogP contribution in [0.25, 0.3) is 16.7 Å². The standard InChI is InChI=1S/C23H29N5O3/c1-5-26-23(8-9-23)11-31-22-13(3)10-15-17(20(25)30)19(24)28(21(15)27-22)18-12(2)6-7-16(29)14(18)4/h6-7,10,26,29H,5,8-9,11,24H2,1-4H3,(H2,25,30). The fourth-order valence-electron chi connectivity index (χ4n) is 4.21. The maximum absolute atomic E-state index is 12.3. The van der Waals surface area contributed by atoms with Crippen LogP contribution in [0, 0.1) is 20.8 Å². The number of aromatic nitrogens is 2. The first-order valence-corrected chi connectivity index (χ1v) is 10.5. The number of phenols is 1. The van der Waals surface area contributed by atoms with Gasteiger partial charge in [-0.3, -0.25) is 9.36 Å². The second-order valence-electron chi connectivity index (χ2n) is 8.42. The monoisotopic (exact) mass is 423 g/mol. The Labute approximate surface area is 181 Å². The predicted molar refractivity (Wildman–Crippen MR) is 121 cm³/mol. The number of aromatic hydroxyl groups is 1. The zero-order valence-corrected chi connectivity index (χ0v) is 18.4. The molecule has 31 heavy (non-hydrogen) atoms. The molecule has 0 aliphatic heterocycles. The van der Waals surface area contributed by atoms with Gasteiger partial charge in [-0.05, 0) is 57.9 Å². The molecule has 164 valence electrons. The minimum Gasteiger partial charge on any atom is -0.508 e. The summed E-state index contributed by atoms with van der Waals surface area (Å²) in [6.07, 6.45) is 2.14. The zero-order chi connectivity index (χ0) is 22.5. The normalized spacial score (nSPS) is 14.7. The van der Waals surface area contributed by atoms with Gasteiger partial charge in [-0.15, -0.1) is 0 Å². The molecule has 0 spiro atoms. The minimum absolute atomic E-state index is 0.00955. The molecule has 0 unspecified atom stereocenters. The van der Waals surface area contributed by atoms with E-state index >= 15 is 0 Å². The number of phenolic OH excluding ortho intramolecular Hbond substituents is 1. The second-order valence-corrected chi connectivity index (χ2v) is 8.42. The Morgan fingerprint density at radius 2 is 2.00 bits per heavy atom. The van der Waals surface area contributed by atoms with Crippen LogP contribution in [0.2, 0.25) is 0 Å². The average Bonchev–Trinajstić information content (AvgIpc) is 3.42. The van der Waals surface area contributed by atoms with Gasteiger partial charge < -0.3 is 26.6 Å². The summed E-state index contributed by atoms with van der Waals surface area (Å²) in [7, 11) is 0. The molecule has 1 saturated carbocycles. The Balaban J connectivity index is 1.91. The summed E-state index contributed by atoms with van der Waals surface area (Å²) in [6, 6.07) is 5.27. The van der Waals surface area contributed by atoms with E-state index in [0.717, 1.165) is 30.5 Å². The smallest absolute Gasteiger partial charge is 0.253 e. The Hall–Kier alpha value is -3.26. The first kappa shape index (κ1) is 21.0. The van der Waals surface area contributed by atoms with Crippen molar-refractivity contribution in [1.82, 2.24) is 14.9 Å². The van der Waals surface area contributed by atoms with Crippen molar-refractivity contribution in [3.05, 3.63) is 40.5 Å². The number of nitrogens with zero attached hydrogens (tertiary/aromatic N) is 2. The molecule has 4 rings (SSSR count). The lowest BCUT2D eigenvalue weighted by atomic mass is 10.1. The number of anilines is 1. The SMILES string of the molecule is CCNC1(COc2nc3c(cc2C)c(C(N)=O)c(N)n3-c2c(C)ccc(O)c2C)CC1. The number of hydrogen-bond donors (Lipinski definition) is 4. The fraction of sp³-hybridized carbons (Fsp3) is 0.391. The number of ether oxygens (including phenoxy) is 1. The van der Waals surface area contributed by atoms with Gasteiger partial charge in [-0.2, -0.15) is 4.98 Å². The highest BCUT2D eigenvalue weighted by atomic mass is 16.5. The van der Waals surface area contributed by atoms with Crippen molar-refractivity contribution in [3.8, 4) is 17.3 Å². The number of aryl methyl sites for hydroxylation is 2. The van der Waals surface area contributed by atoms with Crippen LogP contribution in [0.5, 0.6) is 11.6 Å². The molecule has 0 bridgehead atoms. The zero-order valence-electron chi connectivity index (χ0n) is 18.4. The second kappa shape index (κ2) is 7.46. The van der Waals surface area contributed by atoms with Gasteiger partial charge >= 0.3 is 0 Å². The number of benzene rings is 1. The number of likely N-dealkylation sites (N-methyl/N-ethyl adjacent to an activating group) is 1. The number of carbonyl (C=O) groups is 1. The summed E-state index contributed by atoms with van der Waals surface area (Å²) in [5.74, 6) is 0.180. The summed E-state index contributed by atoms with van der Waals surface area (Å²) in [5.41, 5.74) is 15.8. The lowest BCUT2D eigenvalue weighted by Crippen LogP contribution is -2.36. The van der Waals surface area contributed by atoms with Crippen molar-refractivity contribution in [2.45, 2.75) is 46.1 Å². The number of rotatable bonds is 7. The van der Waals surface area contributed by atoms with Crippen LogP contribution in [0.15, 0.2) is 18.2 Å². The number of pyridine rings is 1. The van der Waals surface area contributed by atoms with Crippen LogP contribution in [0.3, 0.4) is 0 Å². The lowest BCUT2D eigenvalue weighted by Gasteiger charge is -2.18. The molecule has 1 aromatic carbocycles. The quantitative estimate of drug-likeness (QED) is 0.463. The van der Waals surface area contributed by atoms with E-state index in [-0.39, 0.29) is 22.7 Å². The first-order chi connectivity index (χ1) is 14.7. The number of nitrogens with two attached hydrogens (primary N) is 2. The summed E-state index contributed by atoms with van der Waals surface area (Å²) >= 11 is 0. The molecule has 1 aliphatic rings. The van der Waals surface area contributed by atoms with E-state index in [1.165, 1.54) is 0 Å². The molecule has 3 aromatic rings. The van der Waals surface area contributed by atoms with Gasteiger partial charge in [0.05, 0.1) is 16.8 Å². The van der Waals surface area contributed by atoms with E-state index in [1.54, 1.807) is 23.6 Å². The maximum atomic E-state index is 12.3. The van der Waals surface area contributed by atoms with E-state index in [4.69, 9.17) is 21.2 Å². The van der Waals surface area contributed by atoms with E-state index in [1.807, 2.05) is 19.9 Å². The van der Waals surface area contributed by atoms with Crippen molar-refractivity contribution in [3.63, 3.8) is 0 Å². The van der Waals surface area contributed by atoms with Crippen LogP contribution in [-0.4, -0.2) is 39.3 Å². The molecule has 8 nitrogen and oxygen atoms in total. The molecule has 2 heterocycles. The van der Waals surface area contributed by atoms with Crippen LogP contribution >= 0.6 is 0 Å². The van der Waals surface area contributed by atoms with E-state index in [2.05, 4.69) is 12.2 Å². The van der Waals surface area contributed by atoms with Crippen LogP contribution in [0.4, 0.5) is 5.82 Å². The van der Waals surface area contributed by atoms with Crippen LogP contribution < -0.4 is 21.5 Å². The molecule has 2 aromatic heterocycles. The third-order valence-electron chi connectivity index (χ3n) is 6.09. The van der Waals surface area contributed by atoms with Gasteiger partial charge in [0.15, 0.2) is 5.65 Å². The molecule has 1 fully saturated rings. The molecular formula is C23H29N5O3. The molecular weight excluding hydrogens is 394 g/mol.